The van der Waals surface area contributed by atoms with Gasteiger partial charge in [-0.3, -0.25) is 4.79 Å². The maximum atomic E-state index is 12.1. The summed E-state index contributed by atoms with van der Waals surface area (Å²) in [6.45, 7) is 1.50. The van der Waals surface area contributed by atoms with Crippen LogP contribution in [0.3, 0.4) is 0 Å². The molecule has 1 aliphatic rings. The molecule has 0 unspecified atom stereocenters. The Balaban J connectivity index is 1.97. The number of nitriles is 1. The van der Waals surface area contributed by atoms with E-state index in [1.807, 2.05) is 6.07 Å². The van der Waals surface area contributed by atoms with E-state index < -0.39 is 12.1 Å². The van der Waals surface area contributed by atoms with Gasteiger partial charge in [0.05, 0.1) is 7.11 Å². The number of carbonyl (C=O) groups excluding carboxylic acids is 2. The Bertz CT molecular complexity index is 682. The van der Waals surface area contributed by atoms with Crippen LogP contribution in [0.5, 0.6) is 5.75 Å². The van der Waals surface area contributed by atoms with Crippen molar-refractivity contribution in [2.24, 2.45) is 0 Å². The van der Waals surface area contributed by atoms with E-state index in [-0.39, 0.29) is 17.5 Å². The van der Waals surface area contributed by atoms with E-state index in [2.05, 4.69) is 5.32 Å². The van der Waals surface area contributed by atoms with Crippen LogP contribution >= 0.6 is 0 Å². The molecule has 1 aromatic rings. The second kappa shape index (κ2) is 8.88. The summed E-state index contributed by atoms with van der Waals surface area (Å²) in [5.74, 6) is -0.468. The Hall–Kier alpha value is -2.81. The predicted molar refractivity (Wildman–Crippen MR) is 92.5 cm³/mol. The zero-order chi connectivity index (χ0) is 18.2. The van der Waals surface area contributed by atoms with E-state index in [0.29, 0.717) is 11.3 Å². The summed E-state index contributed by atoms with van der Waals surface area (Å²) in [5.41, 5.74) is 0.503. The van der Waals surface area contributed by atoms with Crippen molar-refractivity contribution in [1.29, 1.82) is 5.26 Å². The van der Waals surface area contributed by atoms with Gasteiger partial charge in [0.1, 0.15) is 17.4 Å². The lowest BCUT2D eigenvalue weighted by Gasteiger charge is -2.16. The molecule has 1 aliphatic carbocycles. The van der Waals surface area contributed by atoms with Gasteiger partial charge in [-0.1, -0.05) is 25.0 Å². The Morgan fingerprint density at radius 1 is 1.28 bits per heavy atom. The molecule has 1 atom stereocenters. The fourth-order valence-electron chi connectivity index (χ4n) is 2.67. The Kier molecular flexibility index (Phi) is 6.58. The Morgan fingerprint density at radius 2 is 1.92 bits per heavy atom. The largest absolute Gasteiger partial charge is 0.497 e. The quantitative estimate of drug-likeness (QED) is 0.488. The van der Waals surface area contributed by atoms with Crippen molar-refractivity contribution in [1.82, 2.24) is 5.32 Å². The molecule has 0 aliphatic heterocycles. The Labute approximate surface area is 147 Å². The minimum atomic E-state index is -0.944. The van der Waals surface area contributed by atoms with Crippen molar-refractivity contribution in [2.45, 2.75) is 44.8 Å². The average molecular weight is 342 g/mol. The second-order valence-corrected chi connectivity index (χ2v) is 5.98. The lowest BCUT2D eigenvalue weighted by atomic mass is 10.1. The van der Waals surface area contributed by atoms with Crippen LogP contribution in [0, 0.1) is 11.3 Å². The average Bonchev–Trinajstić information content (AvgIpc) is 3.12. The molecular formula is C19H22N2O4. The van der Waals surface area contributed by atoms with Crippen LogP contribution in [-0.2, 0) is 14.3 Å². The van der Waals surface area contributed by atoms with Gasteiger partial charge in [-0.15, -0.1) is 0 Å². The summed E-state index contributed by atoms with van der Waals surface area (Å²) in [7, 11) is 1.56. The highest BCUT2D eigenvalue weighted by atomic mass is 16.5. The summed E-state index contributed by atoms with van der Waals surface area (Å²) in [6.07, 6.45) is 4.58. The highest BCUT2D eigenvalue weighted by Gasteiger charge is 2.24. The number of esters is 1. The smallest absolute Gasteiger partial charge is 0.349 e. The van der Waals surface area contributed by atoms with Crippen LogP contribution in [0.1, 0.15) is 38.2 Å². The van der Waals surface area contributed by atoms with E-state index in [9.17, 15) is 14.9 Å². The van der Waals surface area contributed by atoms with Crippen LogP contribution in [0.4, 0.5) is 0 Å². The van der Waals surface area contributed by atoms with Gasteiger partial charge < -0.3 is 14.8 Å². The molecule has 0 aromatic heterocycles. The molecule has 6 nitrogen and oxygen atoms in total. The lowest BCUT2D eigenvalue weighted by molar-refractivity contribution is -0.151. The molecule has 0 spiro atoms. The van der Waals surface area contributed by atoms with Crippen LogP contribution in [0.25, 0.3) is 6.08 Å². The van der Waals surface area contributed by atoms with Crippen molar-refractivity contribution in [3.8, 4) is 11.8 Å². The third-order valence-electron chi connectivity index (χ3n) is 4.12. The SMILES string of the molecule is COc1ccc(/C=C(\C#N)C(=O)O[C@H](C)C(=O)NC2CCCC2)cc1. The van der Waals surface area contributed by atoms with Crippen molar-refractivity contribution in [2.75, 3.05) is 7.11 Å². The number of rotatable bonds is 6. The first kappa shape index (κ1) is 18.5. The molecule has 1 amide bonds. The summed E-state index contributed by atoms with van der Waals surface area (Å²) in [6, 6.07) is 8.87. The lowest BCUT2D eigenvalue weighted by Crippen LogP contribution is -2.41. The van der Waals surface area contributed by atoms with E-state index in [4.69, 9.17) is 9.47 Å². The van der Waals surface area contributed by atoms with E-state index in [0.717, 1.165) is 25.7 Å². The number of nitrogens with zero attached hydrogens (tertiary/aromatic N) is 1. The number of hydrogen-bond donors (Lipinski definition) is 1. The van der Waals surface area contributed by atoms with Gasteiger partial charge in [0.15, 0.2) is 6.10 Å². The van der Waals surface area contributed by atoms with Crippen molar-refractivity contribution < 1.29 is 19.1 Å². The highest BCUT2D eigenvalue weighted by Crippen LogP contribution is 2.18. The summed E-state index contributed by atoms with van der Waals surface area (Å²) < 4.78 is 10.2. The number of benzene rings is 1. The monoisotopic (exact) mass is 342 g/mol. The fourth-order valence-corrected chi connectivity index (χ4v) is 2.67. The zero-order valence-corrected chi connectivity index (χ0v) is 14.5. The molecule has 6 heteroatoms. The molecule has 0 radical (unpaired) electrons. The van der Waals surface area contributed by atoms with Crippen molar-refractivity contribution in [3.05, 3.63) is 35.4 Å². The minimum Gasteiger partial charge on any atom is -0.497 e. The molecule has 1 saturated carbocycles. The number of hydrogen-bond acceptors (Lipinski definition) is 5. The van der Waals surface area contributed by atoms with Gasteiger partial charge in [0.2, 0.25) is 0 Å². The molecule has 25 heavy (non-hydrogen) atoms. The topological polar surface area (TPSA) is 88.4 Å². The van der Waals surface area contributed by atoms with E-state index in [1.165, 1.54) is 13.0 Å². The summed E-state index contributed by atoms with van der Waals surface area (Å²) >= 11 is 0. The van der Waals surface area contributed by atoms with Gasteiger partial charge in [-0.05, 0) is 43.5 Å². The normalized spacial score (nSPS) is 16.0. The molecule has 1 aromatic carbocycles. The van der Waals surface area contributed by atoms with Gasteiger partial charge >= 0.3 is 5.97 Å². The maximum Gasteiger partial charge on any atom is 0.349 e. The standard InChI is InChI=1S/C19H22N2O4/c1-13(18(22)21-16-5-3-4-6-16)25-19(23)15(12-20)11-14-7-9-17(24-2)10-8-14/h7-11,13,16H,3-6H2,1-2H3,(H,21,22)/b15-11+/t13-/m1/s1. The molecule has 1 N–H and O–H groups in total. The highest BCUT2D eigenvalue weighted by molar-refractivity contribution is 5.99. The molecular weight excluding hydrogens is 320 g/mol. The molecule has 132 valence electrons. The number of ether oxygens (including phenoxy) is 2. The molecule has 2 rings (SSSR count). The minimum absolute atomic E-state index is 0.152. The summed E-state index contributed by atoms with van der Waals surface area (Å²) in [5, 5.41) is 12.1. The second-order valence-electron chi connectivity index (χ2n) is 5.98. The van der Waals surface area contributed by atoms with Gasteiger partial charge in [0.25, 0.3) is 5.91 Å². The van der Waals surface area contributed by atoms with Gasteiger partial charge in [-0.2, -0.15) is 5.26 Å². The Morgan fingerprint density at radius 3 is 2.48 bits per heavy atom. The number of amides is 1. The van der Waals surface area contributed by atoms with Crippen LogP contribution in [-0.4, -0.2) is 31.1 Å². The third-order valence-corrected chi connectivity index (χ3v) is 4.12. The van der Waals surface area contributed by atoms with E-state index in [1.54, 1.807) is 31.4 Å². The van der Waals surface area contributed by atoms with Gasteiger partial charge in [-0.25, -0.2) is 4.79 Å². The first-order valence-electron chi connectivity index (χ1n) is 8.30. The van der Waals surface area contributed by atoms with Crippen molar-refractivity contribution >= 4 is 18.0 Å². The molecule has 0 bridgehead atoms. The van der Waals surface area contributed by atoms with E-state index >= 15 is 0 Å². The zero-order valence-electron chi connectivity index (χ0n) is 14.5. The molecule has 1 fully saturated rings. The van der Waals surface area contributed by atoms with Crippen molar-refractivity contribution in [3.63, 3.8) is 0 Å². The summed E-state index contributed by atoms with van der Waals surface area (Å²) in [4.78, 5) is 24.2. The van der Waals surface area contributed by atoms with Gasteiger partial charge in [0, 0.05) is 6.04 Å². The number of methoxy groups -OCH3 is 1. The van der Waals surface area contributed by atoms with Crippen LogP contribution < -0.4 is 10.1 Å². The maximum absolute atomic E-state index is 12.1. The fraction of sp³-hybridized carbons (Fsp3) is 0.421. The number of nitrogens with one attached hydrogen (secondary N) is 1. The molecule has 0 saturated heterocycles. The van der Waals surface area contributed by atoms with Crippen LogP contribution in [0.2, 0.25) is 0 Å². The first-order valence-corrected chi connectivity index (χ1v) is 8.30. The molecule has 0 heterocycles. The third kappa shape index (κ3) is 5.35. The number of carbonyl (C=O) groups is 2. The predicted octanol–water partition coefficient (Wildman–Crippen LogP) is 2.59. The van der Waals surface area contributed by atoms with Crippen LogP contribution in [0.15, 0.2) is 29.8 Å². The first-order chi connectivity index (χ1) is 12.0.